The number of imidazole rings is 1. The molecule has 0 aliphatic heterocycles. The van der Waals surface area contributed by atoms with E-state index in [2.05, 4.69) is 27.8 Å². The smallest absolute Gasteiger partial charge is 0.242 e. The van der Waals surface area contributed by atoms with E-state index in [9.17, 15) is 4.79 Å². The summed E-state index contributed by atoms with van der Waals surface area (Å²) in [5, 5.41) is 7.14. The molecule has 1 N–H and O–H groups in total. The van der Waals surface area contributed by atoms with Crippen LogP contribution in [-0.2, 0) is 24.4 Å². The van der Waals surface area contributed by atoms with Gasteiger partial charge in [-0.3, -0.25) is 14.5 Å². The molecule has 0 aliphatic carbocycles. The number of nitrogens with zero attached hydrogens (tertiary/aromatic N) is 5. The third-order valence-electron chi connectivity index (χ3n) is 5.22. The van der Waals surface area contributed by atoms with Gasteiger partial charge < -0.3 is 9.47 Å². The SMILES string of the molecule is CCn1c(CN(C)C(=O)Cn2c(-c3ccc(C)cc3)n[nH]c2=S)nc2ccccc21. The van der Waals surface area contributed by atoms with Gasteiger partial charge in [0.2, 0.25) is 5.91 Å². The summed E-state index contributed by atoms with van der Waals surface area (Å²) in [6.07, 6.45) is 0. The summed E-state index contributed by atoms with van der Waals surface area (Å²) in [5.74, 6) is 1.46. The van der Waals surface area contributed by atoms with Gasteiger partial charge in [-0.1, -0.05) is 42.0 Å². The van der Waals surface area contributed by atoms with Crippen molar-refractivity contribution in [2.24, 2.45) is 0 Å². The molecule has 0 unspecified atom stereocenters. The number of aromatic nitrogens is 5. The van der Waals surface area contributed by atoms with Crippen LogP contribution in [0.1, 0.15) is 18.3 Å². The van der Waals surface area contributed by atoms with Gasteiger partial charge in [0.1, 0.15) is 12.4 Å². The minimum absolute atomic E-state index is 0.0597. The first kappa shape index (κ1) is 20.0. The van der Waals surface area contributed by atoms with E-state index in [4.69, 9.17) is 17.2 Å². The Hall–Kier alpha value is -3.26. The van der Waals surface area contributed by atoms with Gasteiger partial charge in [-0.2, -0.15) is 5.10 Å². The van der Waals surface area contributed by atoms with E-state index in [0.29, 0.717) is 17.1 Å². The summed E-state index contributed by atoms with van der Waals surface area (Å²) in [6.45, 7) is 5.44. The summed E-state index contributed by atoms with van der Waals surface area (Å²) in [4.78, 5) is 19.4. The fourth-order valence-electron chi connectivity index (χ4n) is 3.54. The molecule has 0 aliphatic rings. The quantitative estimate of drug-likeness (QED) is 0.480. The molecule has 1 amide bonds. The van der Waals surface area contributed by atoms with Crippen LogP contribution in [0.2, 0.25) is 0 Å². The Bertz CT molecular complexity index is 1250. The third-order valence-corrected chi connectivity index (χ3v) is 5.53. The second-order valence-electron chi connectivity index (χ2n) is 7.32. The second kappa shape index (κ2) is 8.23. The summed E-state index contributed by atoms with van der Waals surface area (Å²) >= 11 is 5.37. The van der Waals surface area contributed by atoms with E-state index in [1.807, 2.05) is 49.4 Å². The van der Waals surface area contributed by atoms with Crippen molar-refractivity contribution in [2.45, 2.75) is 33.5 Å². The van der Waals surface area contributed by atoms with E-state index >= 15 is 0 Å². The predicted molar refractivity (Wildman–Crippen MR) is 119 cm³/mol. The highest BCUT2D eigenvalue weighted by molar-refractivity contribution is 7.71. The van der Waals surface area contributed by atoms with E-state index in [-0.39, 0.29) is 12.5 Å². The molecule has 2 aromatic heterocycles. The number of likely N-dealkylation sites (N-methyl/N-ethyl adjacent to an activating group) is 1. The van der Waals surface area contributed by atoms with Crippen molar-refractivity contribution in [1.82, 2.24) is 29.2 Å². The molecule has 0 saturated heterocycles. The fourth-order valence-corrected chi connectivity index (χ4v) is 3.74. The topological polar surface area (TPSA) is 71.7 Å². The van der Waals surface area contributed by atoms with Gasteiger partial charge in [0.05, 0.1) is 17.6 Å². The zero-order chi connectivity index (χ0) is 21.3. The zero-order valence-corrected chi connectivity index (χ0v) is 18.1. The molecular formula is C22H24N6OS. The monoisotopic (exact) mass is 420 g/mol. The lowest BCUT2D eigenvalue weighted by atomic mass is 10.1. The van der Waals surface area contributed by atoms with Crippen LogP contribution in [0.25, 0.3) is 22.4 Å². The minimum Gasteiger partial charge on any atom is -0.337 e. The Labute approximate surface area is 180 Å². The number of fused-ring (bicyclic) bond motifs is 1. The van der Waals surface area contributed by atoms with Crippen molar-refractivity contribution in [3.63, 3.8) is 0 Å². The van der Waals surface area contributed by atoms with Crippen molar-refractivity contribution < 1.29 is 4.79 Å². The summed E-state index contributed by atoms with van der Waals surface area (Å²) in [6, 6.07) is 16.0. The first-order valence-corrected chi connectivity index (χ1v) is 10.3. The molecule has 30 heavy (non-hydrogen) atoms. The van der Waals surface area contributed by atoms with Crippen LogP contribution in [0.3, 0.4) is 0 Å². The number of aromatic amines is 1. The normalized spacial score (nSPS) is 11.2. The zero-order valence-electron chi connectivity index (χ0n) is 17.3. The molecule has 0 fully saturated rings. The highest BCUT2D eigenvalue weighted by atomic mass is 32.1. The molecule has 0 spiro atoms. The largest absolute Gasteiger partial charge is 0.337 e. The fraction of sp³-hybridized carbons (Fsp3) is 0.273. The number of aryl methyl sites for hydroxylation is 2. The molecule has 8 heteroatoms. The maximum Gasteiger partial charge on any atom is 0.242 e. The Kier molecular flexibility index (Phi) is 5.50. The molecule has 2 heterocycles. The van der Waals surface area contributed by atoms with Crippen LogP contribution in [0.4, 0.5) is 0 Å². The lowest BCUT2D eigenvalue weighted by molar-refractivity contribution is -0.131. The van der Waals surface area contributed by atoms with Crippen LogP contribution in [0.5, 0.6) is 0 Å². The highest BCUT2D eigenvalue weighted by Crippen LogP contribution is 2.19. The van der Waals surface area contributed by atoms with Crippen LogP contribution in [0.15, 0.2) is 48.5 Å². The summed E-state index contributed by atoms with van der Waals surface area (Å²) in [7, 11) is 1.79. The van der Waals surface area contributed by atoms with E-state index in [0.717, 1.165) is 34.5 Å². The molecule has 0 bridgehead atoms. The summed E-state index contributed by atoms with van der Waals surface area (Å²) in [5.41, 5.74) is 4.09. The van der Waals surface area contributed by atoms with Gasteiger partial charge in [0.25, 0.3) is 0 Å². The molecule has 154 valence electrons. The molecule has 0 atom stereocenters. The Morgan fingerprint density at radius 3 is 2.60 bits per heavy atom. The third kappa shape index (κ3) is 3.78. The highest BCUT2D eigenvalue weighted by Gasteiger charge is 2.18. The van der Waals surface area contributed by atoms with Crippen LogP contribution in [-0.4, -0.2) is 42.2 Å². The minimum atomic E-state index is -0.0597. The molecule has 0 radical (unpaired) electrons. The Morgan fingerprint density at radius 1 is 1.13 bits per heavy atom. The number of H-pyrrole nitrogens is 1. The van der Waals surface area contributed by atoms with Crippen molar-refractivity contribution >= 4 is 29.2 Å². The first-order chi connectivity index (χ1) is 14.5. The van der Waals surface area contributed by atoms with E-state index < -0.39 is 0 Å². The number of rotatable bonds is 6. The van der Waals surface area contributed by atoms with Gasteiger partial charge in [-0.05, 0) is 38.2 Å². The Balaban J connectivity index is 1.56. The number of hydrogen-bond acceptors (Lipinski definition) is 4. The average molecular weight is 421 g/mol. The van der Waals surface area contributed by atoms with Gasteiger partial charge in [0.15, 0.2) is 10.6 Å². The number of hydrogen-bond donors (Lipinski definition) is 1. The van der Waals surface area contributed by atoms with Crippen molar-refractivity contribution in [2.75, 3.05) is 7.05 Å². The van der Waals surface area contributed by atoms with Crippen molar-refractivity contribution in [1.29, 1.82) is 0 Å². The number of amides is 1. The first-order valence-electron chi connectivity index (χ1n) is 9.88. The lowest BCUT2D eigenvalue weighted by Crippen LogP contribution is -2.31. The molecule has 4 aromatic rings. The van der Waals surface area contributed by atoms with Gasteiger partial charge in [0, 0.05) is 19.2 Å². The molecule has 2 aromatic carbocycles. The van der Waals surface area contributed by atoms with Gasteiger partial charge in [-0.25, -0.2) is 4.98 Å². The maximum absolute atomic E-state index is 13.0. The lowest BCUT2D eigenvalue weighted by Gasteiger charge is -2.18. The Morgan fingerprint density at radius 2 is 1.87 bits per heavy atom. The number of carbonyl (C=O) groups is 1. The number of carbonyl (C=O) groups excluding carboxylic acids is 1. The van der Waals surface area contributed by atoms with E-state index in [1.165, 1.54) is 0 Å². The number of para-hydroxylation sites is 2. The average Bonchev–Trinajstić information content (AvgIpc) is 3.28. The van der Waals surface area contributed by atoms with Gasteiger partial charge >= 0.3 is 0 Å². The second-order valence-corrected chi connectivity index (χ2v) is 7.70. The molecular weight excluding hydrogens is 396 g/mol. The van der Waals surface area contributed by atoms with Crippen LogP contribution >= 0.6 is 12.2 Å². The van der Waals surface area contributed by atoms with Crippen LogP contribution < -0.4 is 0 Å². The van der Waals surface area contributed by atoms with Crippen molar-refractivity contribution in [3.8, 4) is 11.4 Å². The van der Waals surface area contributed by atoms with Crippen molar-refractivity contribution in [3.05, 3.63) is 64.7 Å². The maximum atomic E-state index is 13.0. The van der Waals surface area contributed by atoms with Crippen LogP contribution in [0, 0.1) is 11.7 Å². The standard InChI is InChI=1S/C22H24N6OS/c1-4-27-18-8-6-5-7-17(18)23-19(27)13-26(3)20(29)14-28-21(24-25-22(28)30)16-11-9-15(2)10-12-16/h5-12H,4,13-14H2,1-3H3,(H,25,30). The number of nitrogens with one attached hydrogen (secondary N) is 1. The number of benzene rings is 2. The molecule has 4 rings (SSSR count). The van der Waals surface area contributed by atoms with Gasteiger partial charge in [-0.15, -0.1) is 0 Å². The van der Waals surface area contributed by atoms with E-state index in [1.54, 1.807) is 16.5 Å². The molecule has 0 saturated carbocycles. The summed E-state index contributed by atoms with van der Waals surface area (Å²) < 4.78 is 4.30. The molecule has 7 nitrogen and oxygen atoms in total. The predicted octanol–water partition coefficient (Wildman–Crippen LogP) is 3.94.